The molecule has 2 aliphatic rings. The average Bonchev–Trinajstić information content (AvgIpc) is 2.73. The minimum atomic E-state index is -3.58. The average molecular weight is 414 g/mol. The third kappa shape index (κ3) is 4.52. The van der Waals surface area contributed by atoms with E-state index in [4.69, 9.17) is 0 Å². The van der Waals surface area contributed by atoms with E-state index in [9.17, 15) is 13.2 Å². The third-order valence-corrected chi connectivity index (χ3v) is 7.48. The fourth-order valence-electron chi connectivity index (χ4n) is 4.16. The van der Waals surface area contributed by atoms with Crippen LogP contribution in [0.4, 0.5) is 5.69 Å². The predicted molar refractivity (Wildman–Crippen MR) is 113 cm³/mol. The van der Waals surface area contributed by atoms with Crippen LogP contribution in [-0.4, -0.2) is 38.4 Å². The molecule has 4 rings (SSSR count). The van der Waals surface area contributed by atoms with E-state index in [1.807, 2.05) is 6.07 Å². The number of amides is 1. The van der Waals surface area contributed by atoms with E-state index in [-0.39, 0.29) is 16.8 Å². The van der Waals surface area contributed by atoms with Crippen LogP contribution >= 0.6 is 0 Å². The molecule has 1 amide bonds. The maximum atomic E-state index is 12.9. The number of likely N-dealkylation sites (tertiary alicyclic amines) is 1. The molecule has 2 aliphatic heterocycles. The highest BCUT2D eigenvalue weighted by molar-refractivity contribution is 7.89. The second kappa shape index (κ2) is 8.26. The number of aryl methyl sites for hydroxylation is 1. The molecule has 2 heterocycles. The number of nitrogens with zero attached hydrogens (tertiary/aromatic N) is 1. The van der Waals surface area contributed by atoms with Crippen molar-refractivity contribution in [2.75, 3.05) is 18.4 Å². The number of hydrogen-bond acceptors (Lipinski definition) is 4. The first-order chi connectivity index (χ1) is 13.9. The Balaban J connectivity index is 1.38. The van der Waals surface area contributed by atoms with E-state index in [1.165, 1.54) is 5.56 Å². The summed E-state index contributed by atoms with van der Waals surface area (Å²) in [6, 6.07) is 15.6. The number of nitrogens with one attached hydrogen (secondary N) is 2. The van der Waals surface area contributed by atoms with E-state index >= 15 is 0 Å². The molecule has 29 heavy (non-hydrogen) atoms. The number of hydrogen-bond donors (Lipinski definition) is 2. The molecule has 1 saturated heterocycles. The summed E-state index contributed by atoms with van der Waals surface area (Å²) < 4.78 is 28.6. The van der Waals surface area contributed by atoms with Gasteiger partial charge in [0.1, 0.15) is 0 Å². The zero-order valence-corrected chi connectivity index (χ0v) is 17.4. The molecular formula is C22H27N3O3S. The maximum absolute atomic E-state index is 12.9. The molecule has 0 spiro atoms. The minimum Gasteiger partial charge on any atom is -0.326 e. The van der Waals surface area contributed by atoms with Gasteiger partial charge in [-0.25, -0.2) is 13.1 Å². The van der Waals surface area contributed by atoms with E-state index in [2.05, 4.69) is 46.1 Å². The normalized spacial score (nSPS) is 19.4. The molecule has 0 aromatic heterocycles. The Hall–Kier alpha value is -2.22. The maximum Gasteiger partial charge on any atom is 0.240 e. The van der Waals surface area contributed by atoms with Crippen molar-refractivity contribution in [2.24, 2.45) is 0 Å². The summed E-state index contributed by atoms with van der Waals surface area (Å²) >= 11 is 0. The highest BCUT2D eigenvalue weighted by Crippen LogP contribution is 2.27. The number of carbonyl (C=O) groups is 1. The Kier molecular flexibility index (Phi) is 5.72. The monoisotopic (exact) mass is 413 g/mol. The number of fused-ring (bicyclic) bond motifs is 1. The van der Waals surface area contributed by atoms with Crippen LogP contribution in [0.2, 0.25) is 0 Å². The second-order valence-electron chi connectivity index (χ2n) is 7.89. The lowest BCUT2D eigenvalue weighted by Gasteiger charge is -2.36. The van der Waals surface area contributed by atoms with Gasteiger partial charge < -0.3 is 5.32 Å². The smallest absolute Gasteiger partial charge is 0.240 e. The first-order valence-corrected chi connectivity index (χ1v) is 11.6. The first-order valence-electron chi connectivity index (χ1n) is 10.2. The molecule has 2 aromatic rings. The fraction of sp³-hybridized carbons (Fsp3) is 0.409. The zero-order chi connectivity index (χ0) is 20.4. The molecule has 6 nitrogen and oxygen atoms in total. The molecular weight excluding hydrogens is 386 g/mol. The minimum absolute atomic E-state index is 0.0253. The van der Waals surface area contributed by atoms with Gasteiger partial charge in [-0.2, -0.15) is 0 Å². The highest BCUT2D eigenvalue weighted by atomic mass is 32.2. The molecule has 0 saturated carbocycles. The lowest BCUT2D eigenvalue weighted by Crippen LogP contribution is -2.45. The summed E-state index contributed by atoms with van der Waals surface area (Å²) in [5.41, 5.74) is 2.87. The van der Waals surface area contributed by atoms with Crippen molar-refractivity contribution in [2.45, 2.75) is 49.6 Å². The topological polar surface area (TPSA) is 78.5 Å². The summed E-state index contributed by atoms with van der Waals surface area (Å²) in [7, 11) is -3.58. The number of anilines is 1. The fourth-order valence-corrected chi connectivity index (χ4v) is 5.52. The second-order valence-corrected chi connectivity index (χ2v) is 9.60. The number of benzene rings is 2. The van der Waals surface area contributed by atoms with Crippen molar-refractivity contribution < 1.29 is 13.2 Å². The summed E-state index contributed by atoms with van der Waals surface area (Å²) in [5.74, 6) is -0.0253. The van der Waals surface area contributed by atoms with Crippen LogP contribution in [0.15, 0.2) is 53.4 Å². The van der Waals surface area contributed by atoms with E-state index < -0.39 is 10.0 Å². The van der Waals surface area contributed by atoms with Gasteiger partial charge in [-0.05, 0) is 55.5 Å². The summed E-state index contributed by atoms with van der Waals surface area (Å²) in [5, 5.41) is 2.79. The van der Waals surface area contributed by atoms with Gasteiger partial charge in [0.2, 0.25) is 15.9 Å². The van der Waals surface area contributed by atoms with E-state index in [0.717, 1.165) is 31.5 Å². The quantitative estimate of drug-likeness (QED) is 0.790. The molecule has 7 heteroatoms. The Morgan fingerprint density at radius 1 is 1.07 bits per heavy atom. The Labute approximate surface area is 172 Å². The molecule has 1 atom stereocenters. The molecule has 1 fully saturated rings. The Bertz CT molecular complexity index is 984. The molecule has 0 aliphatic carbocycles. The Morgan fingerprint density at radius 2 is 1.79 bits per heavy atom. The van der Waals surface area contributed by atoms with Crippen molar-refractivity contribution >= 4 is 21.6 Å². The molecule has 0 bridgehead atoms. The highest BCUT2D eigenvalue weighted by Gasteiger charge is 2.28. The van der Waals surface area contributed by atoms with Gasteiger partial charge in [0.15, 0.2) is 0 Å². The SMILES string of the molecule is CC(c1ccccc1)N1CCC(NS(=O)(=O)c2ccc3c(c2)CCC(=O)N3)CC1. The first kappa shape index (κ1) is 20.1. The number of sulfonamides is 1. The number of rotatable bonds is 5. The van der Waals surface area contributed by atoms with Crippen LogP contribution < -0.4 is 10.0 Å². The van der Waals surface area contributed by atoms with Gasteiger partial charge in [0.25, 0.3) is 0 Å². The van der Waals surface area contributed by atoms with Crippen LogP contribution in [-0.2, 0) is 21.2 Å². The van der Waals surface area contributed by atoms with Gasteiger partial charge >= 0.3 is 0 Å². The Morgan fingerprint density at radius 3 is 2.52 bits per heavy atom. The lowest BCUT2D eigenvalue weighted by molar-refractivity contribution is -0.116. The predicted octanol–water partition coefficient (Wildman–Crippen LogP) is 3.08. The van der Waals surface area contributed by atoms with Gasteiger partial charge in [-0.3, -0.25) is 9.69 Å². The summed E-state index contributed by atoms with van der Waals surface area (Å²) in [4.78, 5) is 14.2. The molecule has 1 unspecified atom stereocenters. The van der Waals surface area contributed by atoms with Crippen molar-refractivity contribution in [1.29, 1.82) is 0 Å². The third-order valence-electron chi connectivity index (χ3n) is 5.96. The summed E-state index contributed by atoms with van der Waals surface area (Å²) in [6.07, 6.45) is 2.54. The molecule has 154 valence electrons. The lowest BCUT2D eigenvalue weighted by atomic mass is 10.0. The van der Waals surface area contributed by atoms with Crippen molar-refractivity contribution in [3.63, 3.8) is 0 Å². The molecule has 2 aromatic carbocycles. The van der Waals surface area contributed by atoms with Gasteiger partial charge in [-0.1, -0.05) is 30.3 Å². The van der Waals surface area contributed by atoms with Crippen LogP contribution in [0.25, 0.3) is 0 Å². The van der Waals surface area contributed by atoms with E-state index in [1.54, 1.807) is 18.2 Å². The molecule has 0 radical (unpaired) electrons. The van der Waals surface area contributed by atoms with Crippen LogP contribution in [0.3, 0.4) is 0 Å². The van der Waals surface area contributed by atoms with Crippen LogP contribution in [0.5, 0.6) is 0 Å². The molecule has 2 N–H and O–H groups in total. The van der Waals surface area contributed by atoms with Crippen molar-refractivity contribution in [1.82, 2.24) is 9.62 Å². The largest absolute Gasteiger partial charge is 0.326 e. The van der Waals surface area contributed by atoms with Crippen LogP contribution in [0, 0.1) is 0 Å². The van der Waals surface area contributed by atoms with Gasteiger partial charge in [0.05, 0.1) is 4.90 Å². The van der Waals surface area contributed by atoms with Crippen molar-refractivity contribution in [3.05, 3.63) is 59.7 Å². The van der Waals surface area contributed by atoms with E-state index in [0.29, 0.717) is 24.6 Å². The number of piperidine rings is 1. The van der Waals surface area contributed by atoms with Crippen molar-refractivity contribution in [3.8, 4) is 0 Å². The summed E-state index contributed by atoms with van der Waals surface area (Å²) in [6.45, 7) is 3.92. The van der Waals surface area contributed by atoms with Crippen LogP contribution in [0.1, 0.15) is 43.4 Å². The van der Waals surface area contributed by atoms with Gasteiger partial charge in [0, 0.05) is 37.3 Å². The van der Waals surface area contributed by atoms with Gasteiger partial charge in [-0.15, -0.1) is 0 Å². The standard InChI is InChI=1S/C22H27N3O3S/c1-16(17-5-3-2-4-6-17)25-13-11-19(12-14-25)24-29(27,28)20-8-9-21-18(15-20)7-10-22(26)23-21/h2-6,8-9,15-16,19,24H,7,10-14H2,1H3,(H,23,26). The zero-order valence-electron chi connectivity index (χ0n) is 16.6. The number of carbonyl (C=O) groups excluding carboxylic acids is 1.